The van der Waals surface area contributed by atoms with Gasteiger partial charge in [-0.2, -0.15) is 0 Å². The molecule has 6 nitrogen and oxygen atoms in total. The minimum absolute atomic E-state index is 0.142. The lowest BCUT2D eigenvalue weighted by molar-refractivity contribution is -0.141. The first-order valence-electron chi connectivity index (χ1n) is 6.26. The third-order valence-corrected chi connectivity index (χ3v) is 3.26. The second-order valence-electron chi connectivity index (χ2n) is 4.37. The van der Waals surface area contributed by atoms with Crippen LogP contribution in [0.25, 0.3) is 0 Å². The van der Waals surface area contributed by atoms with E-state index < -0.39 is 0 Å². The van der Waals surface area contributed by atoms with E-state index >= 15 is 0 Å². The summed E-state index contributed by atoms with van der Waals surface area (Å²) in [5.41, 5.74) is 0. The van der Waals surface area contributed by atoms with E-state index in [-0.39, 0.29) is 12.3 Å². The van der Waals surface area contributed by atoms with E-state index in [4.69, 9.17) is 9.47 Å². The number of nitrogens with zero attached hydrogens (tertiary/aromatic N) is 2. The Morgan fingerprint density at radius 1 is 1.06 bits per heavy atom. The van der Waals surface area contributed by atoms with Crippen LogP contribution in [0.5, 0.6) is 0 Å². The van der Waals surface area contributed by atoms with Gasteiger partial charge in [0.15, 0.2) is 6.29 Å². The van der Waals surface area contributed by atoms with Gasteiger partial charge in [-0.05, 0) is 0 Å². The van der Waals surface area contributed by atoms with Crippen LogP contribution >= 0.6 is 0 Å². The maximum atomic E-state index is 11.0. The Labute approximate surface area is 109 Å². The highest BCUT2D eigenvalue weighted by atomic mass is 16.7. The summed E-state index contributed by atoms with van der Waals surface area (Å²) in [5, 5.41) is 0. The number of carbonyl (C=O) groups is 1. The summed E-state index contributed by atoms with van der Waals surface area (Å²) in [6.45, 7) is 5.46. The Morgan fingerprint density at radius 3 is 2.11 bits per heavy atom. The lowest BCUT2D eigenvalue weighted by atomic mass is 10.3. The molecule has 0 aromatic carbocycles. The van der Waals surface area contributed by atoms with Crippen LogP contribution in [0.15, 0.2) is 0 Å². The zero-order valence-corrected chi connectivity index (χ0v) is 11.6. The summed E-state index contributed by atoms with van der Waals surface area (Å²) in [6.07, 6.45) is 0.307. The Hall–Kier alpha value is -0.690. The fourth-order valence-electron chi connectivity index (χ4n) is 2.00. The number of esters is 1. The van der Waals surface area contributed by atoms with E-state index in [1.807, 2.05) is 0 Å². The monoisotopic (exact) mass is 260 g/mol. The van der Waals surface area contributed by atoms with Gasteiger partial charge in [0.25, 0.3) is 0 Å². The quantitative estimate of drug-likeness (QED) is 0.466. The molecule has 1 rings (SSSR count). The maximum Gasteiger partial charge on any atom is 0.306 e. The van der Waals surface area contributed by atoms with Gasteiger partial charge < -0.3 is 19.1 Å². The van der Waals surface area contributed by atoms with Crippen LogP contribution in [0.2, 0.25) is 0 Å². The molecule has 0 aromatic rings. The predicted octanol–water partition coefficient (Wildman–Crippen LogP) is -0.214. The van der Waals surface area contributed by atoms with E-state index in [0.29, 0.717) is 6.42 Å². The average molecular weight is 260 g/mol. The number of hydrogen-bond acceptors (Lipinski definition) is 6. The summed E-state index contributed by atoms with van der Waals surface area (Å²) in [5.74, 6) is -0.142. The van der Waals surface area contributed by atoms with Crippen molar-refractivity contribution < 1.29 is 19.0 Å². The summed E-state index contributed by atoms with van der Waals surface area (Å²) in [4.78, 5) is 15.6. The Bertz CT molecular complexity index is 238. The molecule has 6 heteroatoms. The highest BCUT2D eigenvalue weighted by molar-refractivity contribution is 5.69. The van der Waals surface area contributed by atoms with Crippen molar-refractivity contribution in [1.29, 1.82) is 0 Å². The van der Waals surface area contributed by atoms with Crippen LogP contribution in [0, 0.1) is 0 Å². The minimum Gasteiger partial charge on any atom is -0.469 e. The third-order valence-electron chi connectivity index (χ3n) is 3.26. The molecule has 0 unspecified atom stereocenters. The molecule has 0 aliphatic carbocycles. The smallest absolute Gasteiger partial charge is 0.306 e. The number of rotatable bonds is 7. The maximum absolute atomic E-state index is 11.0. The van der Waals surface area contributed by atoms with Crippen LogP contribution in [0.4, 0.5) is 0 Å². The molecular formula is C12H24N2O4. The number of piperazine rings is 1. The number of methoxy groups -OCH3 is 3. The molecule has 0 saturated carbocycles. The van der Waals surface area contributed by atoms with Crippen LogP contribution in [0.3, 0.4) is 0 Å². The second-order valence-corrected chi connectivity index (χ2v) is 4.37. The fraction of sp³-hybridized carbons (Fsp3) is 0.917. The minimum atomic E-state index is -0.161. The first-order valence-corrected chi connectivity index (χ1v) is 6.26. The van der Waals surface area contributed by atoms with Gasteiger partial charge in [0.2, 0.25) is 0 Å². The van der Waals surface area contributed by atoms with Crippen molar-refractivity contribution in [3.05, 3.63) is 0 Å². The van der Waals surface area contributed by atoms with E-state index in [1.165, 1.54) is 7.11 Å². The molecule has 0 bridgehead atoms. The highest BCUT2D eigenvalue weighted by Gasteiger charge is 2.20. The predicted molar refractivity (Wildman–Crippen MR) is 67.3 cm³/mol. The van der Waals surface area contributed by atoms with Crippen LogP contribution in [0.1, 0.15) is 6.42 Å². The van der Waals surface area contributed by atoms with Gasteiger partial charge in [0.1, 0.15) is 0 Å². The zero-order valence-electron chi connectivity index (χ0n) is 11.6. The van der Waals surface area contributed by atoms with Crippen LogP contribution in [-0.4, -0.2) is 82.7 Å². The zero-order chi connectivity index (χ0) is 13.4. The van der Waals surface area contributed by atoms with Gasteiger partial charge in [-0.3, -0.25) is 9.69 Å². The fourth-order valence-corrected chi connectivity index (χ4v) is 2.00. The number of carbonyl (C=O) groups excluding carboxylic acids is 1. The van der Waals surface area contributed by atoms with Crippen molar-refractivity contribution in [2.24, 2.45) is 0 Å². The standard InChI is InChI=1S/C12H24N2O4/c1-16-11(15)4-5-13-6-8-14(9-7-13)10-12(17-2)18-3/h12H,4-10H2,1-3H3. The molecule has 0 N–H and O–H groups in total. The van der Waals surface area contributed by atoms with Crippen molar-refractivity contribution in [3.8, 4) is 0 Å². The van der Waals surface area contributed by atoms with Gasteiger partial charge in [0.05, 0.1) is 13.5 Å². The second kappa shape index (κ2) is 8.42. The molecule has 1 aliphatic heterocycles. The Balaban J connectivity index is 2.18. The van der Waals surface area contributed by atoms with E-state index in [1.54, 1.807) is 14.2 Å². The molecule has 18 heavy (non-hydrogen) atoms. The molecule has 1 aliphatic rings. The van der Waals surface area contributed by atoms with E-state index in [2.05, 4.69) is 14.5 Å². The largest absolute Gasteiger partial charge is 0.469 e. The van der Waals surface area contributed by atoms with Crippen molar-refractivity contribution in [2.75, 3.05) is 60.6 Å². The first kappa shape index (κ1) is 15.4. The van der Waals surface area contributed by atoms with Crippen molar-refractivity contribution >= 4 is 5.97 Å². The average Bonchev–Trinajstić information content (AvgIpc) is 2.43. The van der Waals surface area contributed by atoms with E-state index in [9.17, 15) is 4.79 Å². The Morgan fingerprint density at radius 2 is 1.61 bits per heavy atom. The number of hydrogen-bond donors (Lipinski definition) is 0. The van der Waals surface area contributed by atoms with Gasteiger partial charge in [-0.25, -0.2) is 0 Å². The normalized spacial score (nSPS) is 18.2. The highest BCUT2D eigenvalue weighted by Crippen LogP contribution is 2.05. The van der Waals surface area contributed by atoms with Crippen LogP contribution < -0.4 is 0 Å². The SMILES string of the molecule is COC(=O)CCN1CCN(CC(OC)OC)CC1. The summed E-state index contributed by atoms with van der Waals surface area (Å²) in [6, 6.07) is 0. The molecule has 0 spiro atoms. The van der Waals surface area contributed by atoms with Gasteiger partial charge >= 0.3 is 5.97 Å². The van der Waals surface area contributed by atoms with Crippen molar-refractivity contribution in [3.63, 3.8) is 0 Å². The molecule has 1 fully saturated rings. The summed E-state index contributed by atoms with van der Waals surface area (Å²) in [7, 11) is 4.73. The Kier molecular flexibility index (Phi) is 7.19. The lowest BCUT2D eigenvalue weighted by Crippen LogP contribution is -2.49. The van der Waals surface area contributed by atoms with Gasteiger partial charge in [-0.15, -0.1) is 0 Å². The van der Waals surface area contributed by atoms with Gasteiger partial charge in [0, 0.05) is 53.5 Å². The third kappa shape index (κ3) is 5.30. The summed E-state index contributed by atoms with van der Waals surface area (Å²) < 4.78 is 15.0. The first-order chi connectivity index (χ1) is 8.69. The molecule has 0 aromatic heterocycles. The van der Waals surface area contributed by atoms with Crippen LogP contribution in [-0.2, 0) is 19.0 Å². The molecule has 106 valence electrons. The molecular weight excluding hydrogens is 236 g/mol. The number of ether oxygens (including phenoxy) is 3. The molecule has 1 saturated heterocycles. The van der Waals surface area contributed by atoms with Crippen molar-refractivity contribution in [2.45, 2.75) is 12.7 Å². The lowest BCUT2D eigenvalue weighted by Gasteiger charge is -2.35. The topological polar surface area (TPSA) is 51.2 Å². The summed E-state index contributed by atoms with van der Waals surface area (Å²) >= 11 is 0. The molecule has 0 amide bonds. The van der Waals surface area contributed by atoms with Gasteiger partial charge in [-0.1, -0.05) is 0 Å². The van der Waals surface area contributed by atoms with E-state index in [0.717, 1.165) is 39.3 Å². The molecule has 1 heterocycles. The molecule has 0 radical (unpaired) electrons. The van der Waals surface area contributed by atoms with Crippen molar-refractivity contribution in [1.82, 2.24) is 9.80 Å². The molecule has 0 atom stereocenters.